The summed E-state index contributed by atoms with van der Waals surface area (Å²) in [5.41, 5.74) is 7.66. The fourth-order valence-electron chi connectivity index (χ4n) is 1.79. The Morgan fingerprint density at radius 1 is 1.65 bits per heavy atom. The van der Waals surface area contributed by atoms with Gasteiger partial charge in [-0.3, -0.25) is 4.90 Å². The highest BCUT2D eigenvalue weighted by Gasteiger charge is 2.31. The minimum atomic E-state index is -0.379. The summed E-state index contributed by atoms with van der Waals surface area (Å²) < 4.78 is 5.08. The van der Waals surface area contributed by atoms with E-state index in [4.69, 9.17) is 17.0 Å². The van der Waals surface area contributed by atoms with Crippen LogP contribution in [-0.4, -0.2) is 25.3 Å². The van der Waals surface area contributed by atoms with Crippen LogP contribution < -0.4 is 10.6 Å². The van der Waals surface area contributed by atoms with E-state index in [0.29, 0.717) is 18.8 Å². The van der Waals surface area contributed by atoms with E-state index < -0.39 is 0 Å². The van der Waals surface area contributed by atoms with Crippen LogP contribution in [0.3, 0.4) is 0 Å². The molecule has 0 unspecified atom stereocenters. The number of cyclic esters (lactones) is 1. The van der Waals surface area contributed by atoms with Gasteiger partial charge in [0.05, 0.1) is 13.1 Å². The number of hydrogen-bond donors (Lipinski definition) is 1. The zero-order chi connectivity index (χ0) is 12.4. The van der Waals surface area contributed by atoms with E-state index in [0.717, 1.165) is 11.3 Å². The van der Waals surface area contributed by atoms with Crippen LogP contribution in [0.25, 0.3) is 4.85 Å². The van der Waals surface area contributed by atoms with Gasteiger partial charge in [0.25, 0.3) is 0 Å². The largest absolute Gasteiger partial charge is 0.443 e. The molecule has 1 aliphatic heterocycles. The number of carbonyl (C=O) groups is 1. The number of nitrogens with two attached hydrogens (primary N) is 1. The van der Waals surface area contributed by atoms with Gasteiger partial charge in [0.2, 0.25) is 0 Å². The van der Waals surface area contributed by atoms with Crippen LogP contribution in [0, 0.1) is 13.5 Å². The number of amides is 1. The lowest BCUT2D eigenvalue weighted by molar-refractivity contribution is 0.145. The number of aryl methyl sites for hydroxylation is 1. The summed E-state index contributed by atoms with van der Waals surface area (Å²) in [5, 5.41) is 0. The lowest BCUT2D eigenvalue weighted by atomic mass is 10.1. The number of carbonyl (C=O) groups excluding carboxylic acids is 1. The fraction of sp³-hybridized carbons (Fsp3) is 0.333. The number of ether oxygens (including phenoxy) is 1. The summed E-state index contributed by atoms with van der Waals surface area (Å²) in [6, 6.07) is 5.27. The molecule has 1 amide bonds. The molecule has 2 N–H and O–H groups in total. The molecule has 0 aromatic heterocycles. The van der Waals surface area contributed by atoms with Gasteiger partial charge in [-0.15, -0.1) is 0 Å². The van der Waals surface area contributed by atoms with Crippen molar-refractivity contribution in [3.05, 3.63) is 35.2 Å². The average molecular weight is 231 g/mol. The molecule has 1 aliphatic rings. The molecule has 88 valence electrons. The summed E-state index contributed by atoms with van der Waals surface area (Å²) >= 11 is 0. The van der Waals surface area contributed by atoms with E-state index in [1.807, 2.05) is 13.0 Å². The van der Waals surface area contributed by atoms with Crippen molar-refractivity contribution in [2.24, 2.45) is 5.73 Å². The second kappa shape index (κ2) is 4.44. The van der Waals surface area contributed by atoms with Gasteiger partial charge in [-0.2, -0.15) is 0 Å². The monoisotopic (exact) mass is 231 g/mol. The van der Waals surface area contributed by atoms with Crippen molar-refractivity contribution in [3.63, 3.8) is 0 Å². The quantitative estimate of drug-likeness (QED) is 0.790. The molecule has 5 nitrogen and oxygen atoms in total. The fourth-order valence-corrected chi connectivity index (χ4v) is 1.79. The number of rotatable bonds is 2. The van der Waals surface area contributed by atoms with Crippen LogP contribution in [-0.2, 0) is 4.74 Å². The molecule has 2 rings (SSSR count). The van der Waals surface area contributed by atoms with E-state index in [1.165, 1.54) is 4.90 Å². The van der Waals surface area contributed by atoms with Crippen molar-refractivity contribution in [2.75, 3.05) is 18.0 Å². The maximum atomic E-state index is 11.6. The molecule has 17 heavy (non-hydrogen) atoms. The Labute approximate surface area is 99.6 Å². The van der Waals surface area contributed by atoms with Crippen LogP contribution in [0.15, 0.2) is 18.2 Å². The smallest absolute Gasteiger partial charge is 0.414 e. The van der Waals surface area contributed by atoms with Gasteiger partial charge in [0, 0.05) is 12.2 Å². The molecule has 1 heterocycles. The molecule has 0 bridgehead atoms. The lowest BCUT2D eigenvalue weighted by Crippen LogP contribution is -2.27. The Balaban J connectivity index is 2.27. The van der Waals surface area contributed by atoms with Gasteiger partial charge in [-0.25, -0.2) is 9.64 Å². The zero-order valence-corrected chi connectivity index (χ0v) is 9.51. The molecule has 0 radical (unpaired) electrons. The van der Waals surface area contributed by atoms with Crippen molar-refractivity contribution in [1.29, 1.82) is 0 Å². The third-order valence-electron chi connectivity index (χ3n) is 2.75. The van der Waals surface area contributed by atoms with Gasteiger partial charge in [-0.1, -0.05) is 6.07 Å². The molecule has 0 aliphatic carbocycles. The Kier molecular flexibility index (Phi) is 2.98. The van der Waals surface area contributed by atoms with Gasteiger partial charge in [-0.05, 0) is 24.6 Å². The summed E-state index contributed by atoms with van der Waals surface area (Å²) in [5.74, 6) is 0. The van der Waals surface area contributed by atoms with Crippen LogP contribution in [0.2, 0.25) is 0 Å². The SMILES string of the molecule is [C-]#[N+]c1ccc(N2C[C@H](CN)OC2=O)cc1C. The third-order valence-corrected chi connectivity index (χ3v) is 2.75. The first kappa shape index (κ1) is 11.4. The summed E-state index contributed by atoms with van der Waals surface area (Å²) in [6.45, 7) is 9.60. The second-order valence-electron chi connectivity index (χ2n) is 3.93. The highest BCUT2D eigenvalue weighted by atomic mass is 16.6. The van der Waals surface area contributed by atoms with Crippen LogP contribution in [0.1, 0.15) is 5.56 Å². The third kappa shape index (κ3) is 2.08. The van der Waals surface area contributed by atoms with E-state index in [2.05, 4.69) is 4.85 Å². The Morgan fingerprint density at radius 3 is 2.94 bits per heavy atom. The number of hydrogen-bond acceptors (Lipinski definition) is 3. The van der Waals surface area contributed by atoms with E-state index in [9.17, 15) is 4.79 Å². The first-order valence-electron chi connectivity index (χ1n) is 5.32. The highest BCUT2D eigenvalue weighted by molar-refractivity contribution is 5.90. The zero-order valence-electron chi connectivity index (χ0n) is 9.51. The normalized spacial score (nSPS) is 19.0. The van der Waals surface area contributed by atoms with Gasteiger partial charge in [0.1, 0.15) is 6.10 Å². The van der Waals surface area contributed by atoms with Crippen LogP contribution >= 0.6 is 0 Å². The average Bonchev–Trinajstić information content (AvgIpc) is 2.70. The predicted molar refractivity (Wildman–Crippen MR) is 64.1 cm³/mol. The minimum absolute atomic E-state index is 0.247. The molecular weight excluding hydrogens is 218 g/mol. The molecule has 1 fully saturated rings. The molecule has 0 saturated carbocycles. The van der Waals surface area contributed by atoms with Crippen molar-refractivity contribution < 1.29 is 9.53 Å². The standard InChI is InChI=1S/C12H13N3O2/c1-8-5-9(3-4-11(8)14-2)15-7-10(6-13)17-12(15)16/h3-5,10H,6-7,13H2,1H3/t10-/m0/s1. The lowest BCUT2D eigenvalue weighted by Gasteiger charge is -2.13. The first-order chi connectivity index (χ1) is 8.15. The van der Waals surface area contributed by atoms with Crippen molar-refractivity contribution in [1.82, 2.24) is 0 Å². The first-order valence-corrected chi connectivity index (χ1v) is 5.32. The predicted octanol–water partition coefficient (Wildman–Crippen LogP) is 1.83. The maximum Gasteiger partial charge on any atom is 0.414 e. The molecule has 1 saturated heterocycles. The maximum absolute atomic E-state index is 11.6. The second-order valence-corrected chi connectivity index (χ2v) is 3.93. The van der Waals surface area contributed by atoms with Crippen molar-refractivity contribution >= 4 is 17.5 Å². The highest BCUT2D eigenvalue weighted by Crippen LogP contribution is 2.27. The van der Waals surface area contributed by atoms with Crippen molar-refractivity contribution in [2.45, 2.75) is 13.0 Å². The van der Waals surface area contributed by atoms with E-state index in [-0.39, 0.29) is 12.2 Å². The summed E-state index contributed by atoms with van der Waals surface area (Å²) in [7, 11) is 0. The van der Waals surface area contributed by atoms with Crippen molar-refractivity contribution in [3.8, 4) is 0 Å². The molecule has 1 aromatic rings. The number of benzene rings is 1. The Morgan fingerprint density at radius 2 is 2.41 bits per heavy atom. The molecule has 1 atom stereocenters. The molecule has 0 spiro atoms. The Hall–Kier alpha value is -2.06. The van der Waals surface area contributed by atoms with Gasteiger partial charge < -0.3 is 10.5 Å². The van der Waals surface area contributed by atoms with Crippen LogP contribution in [0.5, 0.6) is 0 Å². The van der Waals surface area contributed by atoms with E-state index >= 15 is 0 Å². The molecule has 5 heteroatoms. The number of anilines is 1. The minimum Gasteiger partial charge on any atom is -0.443 e. The van der Waals surface area contributed by atoms with Gasteiger partial charge >= 0.3 is 6.09 Å². The summed E-state index contributed by atoms with van der Waals surface area (Å²) in [4.78, 5) is 16.5. The Bertz CT molecular complexity index is 493. The summed E-state index contributed by atoms with van der Waals surface area (Å²) in [6.07, 6.45) is -0.626. The topological polar surface area (TPSA) is 59.9 Å². The van der Waals surface area contributed by atoms with Crippen LogP contribution in [0.4, 0.5) is 16.2 Å². The van der Waals surface area contributed by atoms with E-state index in [1.54, 1.807) is 12.1 Å². The van der Waals surface area contributed by atoms with Gasteiger partial charge in [0.15, 0.2) is 5.69 Å². The molecular formula is C12H13N3O2. The molecule has 1 aromatic carbocycles. The number of nitrogens with zero attached hydrogens (tertiary/aromatic N) is 2.